The lowest BCUT2D eigenvalue weighted by Crippen LogP contribution is -2.12. The topological polar surface area (TPSA) is 58.6 Å². The Labute approximate surface area is 159 Å². The number of hydrogen-bond donors (Lipinski definition) is 2. The quantitative estimate of drug-likeness (QED) is 0.655. The summed E-state index contributed by atoms with van der Waals surface area (Å²) in [5.41, 5.74) is 4.92. The van der Waals surface area contributed by atoms with E-state index in [2.05, 4.69) is 5.32 Å². The smallest absolute Gasteiger partial charge is 0.224 e. The van der Waals surface area contributed by atoms with Crippen molar-refractivity contribution in [2.45, 2.75) is 19.4 Å². The van der Waals surface area contributed by atoms with Gasteiger partial charge in [-0.2, -0.15) is 0 Å². The second-order valence-corrected chi connectivity index (χ2v) is 6.33. The van der Waals surface area contributed by atoms with Crippen LogP contribution in [0.15, 0.2) is 72.8 Å². The number of anilines is 1. The number of benzene rings is 3. The van der Waals surface area contributed by atoms with Gasteiger partial charge in [0.1, 0.15) is 5.75 Å². The molecule has 0 saturated heterocycles. The van der Waals surface area contributed by atoms with Crippen LogP contribution in [0.1, 0.15) is 17.5 Å². The van der Waals surface area contributed by atoms with Crippen molar-refractivity contribution < 1.29 is 14.6 Å². The molecule has 0 fully saturated rings. The van der Waals surface area contributed by atoms with Crippen LogP contribution in [0.2, 0.25) is 0 Å². The zero-order valence-corrected chi connectivity index (χ0v) is 15.3. The highest BCUT2D eigenvalue weighted by atomic mass is 16.5. The van der Waals surface area contributed by atoms with E-state index in [0.29, 0.717) is 12.8 Å². The average molecular weight is 361 g/mol. The monoisotopic (exact) mass is 361 g/mol. The largest absolute Gasteiger partial charge is 0.497 e. The molecule has 1 amide bonds. The minimum Gasteiger partial charge on any atom is -0.497 e. The molecule has 27 heavy (non-hydrogen) atoms. The van der Waals surface area contributed by atoms with Crippen LogP contribution in [0.5, 0.6) is 5.75 Å². The number of rotatable bonds is 7. The summed E-state index contributed by atoms with van der Waals surface area (Å²) in [5.74, 6) is 0.812. The molecule has 0 aliphatic rings. The second kappa shape index (κ2) is 9.01. The van der Waals surface area contributed by atoms with E-state index < -0.39 is 0 Å². The molecule has 138 valence electrons. The standard InChI is InChI=1S/C23H23NO3/c1-27-22-13-9-20(10-14-22)19-7-11-21(12-8-19)24-23(26)15-6-17-2-4-18(16-25)5-3-17/h2-5,7-14,25H,6,15-16H2,1H3,(H,24,26). The van der Waals surface area contributed by atoms with E-state index >= 15 is 0 Å². The van der Waals surface area contributed by atoms with Gasteiger partial charge in [-0.3, -0.25) is 4.79 Å². The van der Waals surface area contributed by atoms with Crippen LogP contribution in [0.3, 0.4) is 0 Å². The van der Waals surface area contributed by atoms with Gasteiger partial charge in [-0.25, -0.2) is 0 Å². The van der Waals surface area contributed by atoms with Crippen LogP contribution in [-0.2, 0) is 17.8 Å². The van der Waals surface area contributed by atoms with Gasteiger partial charge in [0.05, 0.1) is 13.7 Å². The van der Waals surface area contributed by atoms with E-state index in [1.807, 2.05) is 72.8 Å². The Kier molecular flexibility index (Phi) is 6.23. The molecule has 3 aromatic rings. The van der Waals surface area contributed by atoms with Gasteiger partial charge in [0.15, 0.2) is 0 Å². The van der Waals surface area contributed by atoms with E-state index in [9.17, 15) is 4.79 Å². The van der Waals surface area contributed by atoms with E-state index in [1.54, 1.807) is 7.11 Å². The Morgan fingerprint density at radius 2 is 1.41 bits per heavy atom. The van der Waals surface area contributed by atoms with Gasteiger partial charge in [0, 0.05) is 12.1 Å². The summed E-state index contributed by atoms with van der Waals surface area (Å²) in [7, 11) is 1.65. The van der Waals surface area contributed by atoms with Crippen molar-refractivity contribution in [2.75, 3.05) is 12.4 Å². The van der Waals surface area contributed by atoms with E-state index in [1.165, 1.54) is 0 Å². The SMILES string of the molecule is COc1ccc(-c2ccc(NC(=O)CCc3ccc(CO)cc3)cc2)cc1. The number of carbonyl (C=O) groups excluding carboxylic acids is 1. The summed E-state index contributed by atoms with van der Waals surface area (Å²) in [4.78, 5) is 12.2. The third-order valence-corrected chi connectivity index (χ3v) is 4.44. The summed E-state index contributed by atoms with van der Waals surface area (Å²) >= 11 is 0. The first-order valence-electron chi connectivity index (χ1n) is 8.91. The highest BCUT2D eigenvalue weighted by Crippen LogP contribution is 2.24. The lowest BCUT2D eigenvalue weighted by Gasteiger charge is -2.08. The molecule has 0 radical (unpaired) electrons. The molecule has 4 nitrogen and oxygen atoms in total. The molecule has 0 saturated carbocycles. The van der Waals surface area contributed by atoms with Gasteiger partial charge in [-0.15, -0.1) is 0 Å². The molecule has 4 heteroatoms. The molecule has 0 spiro atoms. The van der Waals surface area contributed by atoms with Crippen LogP contribution in [0, 0.1) is 0 Å². The molecular formula is C23H23NO3. The maximum Gasteiger partial charge on any atom is 0.224 e. The number of aryl methyl sites for hydroxylation is 1. The average Bonchev–Trinajstić information content (AvgIpc) is 2.73. The Hall–Kier alpha value is -3.11. The summed E-state index contributed by atoms with van der Waals surface area (Å²) in [6.07, 6.45) is 1.08. The van der Waals surface area contributed by atoms with Crippen molar-refractivity contribution in [3.63, 3.8) is 0 Å². The Bertz CT molecular complexity index is 869. The Morgan fingerprint density at radius 3 is 1.96 bits per heavy atom. The number of amides is 1. The van der Waals surface area contributed by atoms with Gasteiger partial charge in [0.25, 0.3) is 0 Å². The predicted molar refractivity (Wildman–Crippen MR) is 108 cm³/mol. The number of hydrogen-bond acceptors (Lipinski definition) is 3. The molecule has 2 N–H and O–H groups in total. The molecular weight excluding hydrogens is 338 g/mol. The van der Waals surface area contributed by atoms with Crippen LogP contribution < -0.4 is 10.1 Å². The molecule has 3 aromatic carbocycles. The van der Waals surface area contributed by atoms with Crippen molar-refractivity contribution >= 4 is 11.6 Å². The normalized spacial score (nSPS) is 10.4. The molecule has 0 bridgehead atoms. The van der Waals surface area contributed by atoms with Crippen LogP contribution in [0.4, 0.5) is 5.69 Å². The third-order valence-electron chi connectivity index (χ3n) is 4.44. The number of aliphatic hydroxyl groups excluding tert-OH is 1. The van der Waals surface area contributed by atoms with Gasteiger partial charge < -0.3 is 15.2 Å². The molecule has 0 atom stereocenters. The van der Waals surface area contributed by atoms with Crippen molar-refractivity contribution in [1.82, 2.24) is 0 Å². The predicted octanol–water partition coefficient (Wildman–Crippen LogP) is 4.43. The number of carbonyl (C=O) groups is 1. The molecule has 3 rings (SSSR count). The second-order valence-electron chi connectivity index (χ2n) is 6.33. The third kappa shape index (κ3) is 5.19. The Balaban J connectivity index is 1.54. The lowest BCUT2D eigenvalue weighted by molar-refractivity contribution is -0.116. The first kappa shape index (κ1) is 18.7. The fraction of sp³-hybridized carbons (Fsp3) is 0.174. The zero-order chi connectivity index (χ0) is 19.1. The minimum absolute atomic E-state index is 0.0153. The van der Waals surface area contributed by atoms with Crippen molar-refractivity contribution in [3.05, 3.63) is 83.9 Å². The summed E-state index contributed by atoms with van der Waals surface area (Å²) in [6.45, 7) is 0.0350. The highest BCUT2D eigenvalue weighted by molar-refractivity contribution is 5.91. The maximum absolute atomic E-state index is 12.2. The van der Waals surface area contributed by atoms with Crippen LogP contribution in [0.25, 0.3) is 11.1 Å². The number of methoxy groups -OCH3 is 1. The zero-order valence-electron chi connectivity index (χ0n) is 15.3. The first-order chi connectivity index (χ1) is 13.2. The molecule has 0 unspecified atom stereocenters. The highest BCUT2D eigenvalue weighted by Gasteiger charge is 2.05. The minimum atomic E-state index is -0.0153. The van der Waals surface area contributed by atoms with Crippen LogP contribution >= 0.6 is 0 Å². The van der Waals surface area contributed by atoms with Crippen molar-refractivity contribution in [2.24, 2.45) is 0 Å². The van der Waals surface area contributed by atoms with Crippen molar-refractivity contribution in [1.29, 1.82) is 0 Å². The summed E-state index contributed by atoms with van der Waals surface area (Å²) < 4.78 is 5.18. The molecule has 0 aromatic heterocycles. The fourth-order valence-electron chi connectivity index (χ4n) is 2.82. The lowest BCUT2D eigenvalue weighted by atomic mass is 10.1. The molecule has 0 aliphatic heterocycles. The fourth-order valence-corrected chi connectivity index (χ4v) is 2.82. The Morgan fingerprint density at radius 1 is 0.852 bits per heavy atom. The number of nitrogens with one attached hydrogen (secondary N) is 1. The van der Waals surface area contributed by atoms with E-state index in [4.69, 9.17) is 9.84 Å². The van der Waals surface area contributed by atoms with Gasteiger partial charge >= 0.3 is 0 Å². The number of aliphatic hydroxyl groups is 1. The van der Waals surface area contributed by atoms with Gasteiger partial charge in [0.2, 0.25) is 5.91 Å². The first-order valence-corrected chi connectivity index (χ1v) is 8.91. The summed E-state index contributed by atoms with van der Waals surface area (Å²) in [6, 6.07) is 23.3. The van der Waals surface area contributed by atoms with Crippen LogP contribution in [-0.4, -0.2) is 18.1 Å². The maximum atomic E-state index is 12.2. The summed E-state index contributed by atoms with van der Waals surface area (Å²) in [5, 5.41) is 12.0. The van der Waals surface area contributed by atoms with E-state index in [0.717, 1.165) is 33.7 Å². The number of ether oxygens (including phenoxy) is 1. The van der Waals surface area contributed by atoms with Crippen molar-refractivity contribution in [3.8, 4) is 16.9 Å². The molecule has 0 aliphatic carbocycles. The van der Waals surface area contributed by atoms with Gasteiger partial charge in [-0.1, -0.05) is 48.5 Å². The van der Waals surface area contributed by atoms with Gasteiger partial charge in [-0.05, 0) is 52.9 Å². The van der Waals surface area contributed by atoms with E-state index in [-0.39, 0.29) is 12.5 Å². The molecule has 0 heterocycles.